The van der Waals surface area contributed by atoms with Gasteiger partial charge in [0.25, 0.3) is 5.56 Å². The first-order valence-corrected chi connectivity index (χ1v) is 9.94. The molecule has 1 N–H and O–H groups in total. The van der Waals surface area contributed by atoms with Crippen LogP contribution in [0, 0.1) is 0 Å². The van der Waals surface area contributed by atoms with Crippen molar-refractivity contribution in [3.63, 3.8) is 0 Å². The molecule has 1 fully saturated rings. The van der Waals surface area contributed by atoms with E-state index in [0.717, 1.165) is 12.8 Å². The maximum Gasteiger partial charge on any atom is 0.410 e. The van der Waals surface area contributed by atoms with E-state index in [9.17, 15) is 14.7 Å². The average Bonchev–Trinajstić information content (AvgIpc) is 3.17. The Bertz CT molecular complexity index is 1140. The highest BCUT2D eigenvalue weighted by Gasteiger charge is 2.28. The molecule has 1 aliphatic heterocycles. The highest BCUT2D eigenvalue weighted by molar-refractivity contribution is 5.79. The van der Waals surface area contributed by atoms with E-state index in [1.165, 1.54) is 23.0 Å². The Morgan fingerprint density at radius 1 is 1.23 bits per heavy atom. The van der Waals surface area contributed by atoms with Gasteiger partial charge >= 0.3 is 6.09 Å². The molecule has 0 spiro atoms. The molecule has 4 rings (SSSR count). The van der Waals surface area contributed by atoms with E-state index in [-0.39, 0.29) is 23.4 Å². The van der Waals surface area contributed by atoms with Crippen molar-refractivity contribution in [2.75, 3.05) is 13.1 Å². The third-order valence-electron chi connectivity index (χ3n) is 5.10. The SMILES string of the molecule is CC(C)(C)OC(=O)N1CCC(n2cc(-n3cnc4ccc(O)cc4c3=O)cn2)CC1. The summed E-state index contributed by atoms with van der Waals surface area (Å²) in [6.07, 6.45) is 6.11. The summed E-state index contributed by atoms with van der Waals surface area (Å²) in [5, 5.41) is 14.5. The molecule has 9 nitrogen and oxygen atoms in total. The number of phenols is 1. The van der Waals surface area contributed by atoms with Crippen molar-refractivity contribution < 1.29 is 14.6 Å². The van der Waals surface area contributed by atoms with E-state index in [1.807, 2.05) is 31.6 Å². The van der Waals surface area contributed by atoms with Crippen molar-refractivity contribution in [1.82, 2.24) is 24.2 Å². The van der Waals surface area contributed by atoms with E-state index in [1.54, 1.807) is 17.2 Å². The molecule has 1 aliphatic rings. The number of likely N-dealkylation sites (tertiary alicyclic amines) is 1. The first-order chi connectivity index (χ1) is 14.2. The molecular formula is C21H25N5O4. The molecule has 158 valence electrons. The summed E-state index contributed by atoms with van der Waals surface area (Å²) in [5.41, 5.74) is 0.349. The number of aromatic nitrogens is 4. The molecule has 3 aromatic rings. The van der Waals surface area contributed by atoms with Crippen LogP contribution in [0.3, 0.4) is 0 Å². The quantitative estimate of drug-likeness (QED) is 0.696. The van der Waals surface area contributed by atoms with Gasteiger partial charge in [-0.15, -0.1) is 0 Å². The number of nitrogens with zero attached hydrogens (tertiary/aromatic N) is 5. The number of benzene rings is 1. The van der Waals surface area contributed by atoms with Crippen molar-refractivity contribution in [2.45, 2.75) is 45.3 Å². The van der Waals surface area contributed by atoms with Gasteiger partial charge in [0.05, 0.1) is 28.8 Å². The third-order valence-corrected chi connectivity index (χ3v) is 5.10. The standard InChI is InChI=1S/C21H25N5O4/c1-21(2,3)30-20(29)24-8-6-14(7-9-24)26-12-15(11-23-26)25-13-22-18-5-4-16(27)10-17(18)19(25)28/h4-5,10-14,27H,6-9H2,1-3H3. The number of hydrogen-bond donors (Lipinski definition) is 1. The minimum atomic E-state index is -0.511. The Balaban J connectivity index is 1.49. The summed E-state index contributed by atoms with van der Waals surface area (Å²) in [6, 6.07) is 4.66. The number of aromatic hydroxyl groups is 1. The molecule has 0 saturated carbocycles. The Morgan fingerprint density at radius 3 is 2.67 bits per heavy atom. The molecular weight excluding hydrogens is 386 g/mol. The normalized spacial score (nSPS) is 15.5. The number of carbonyl (C=O) groups excluding carboxylic acids is 1. The predicted octanol–water partition coefficient (Wildman–Crippen LogP) is 2.86. The van der Waals surface area contributed by atoms with Crippen LogP contribution >= 0.6 is 0 Å². The van der Waals surface area contributed by atoms with Crippen molar-refractivity contribution in [2.24, 2.45) is 0 Å². The Morgan fingerprint density at radius 2 is 1.97 bits per heavy atom. The zero-order chi connectivity index (χ0) is 21.5. The summed E-state index contributed by atoms with van der Waals surface area (Å²) in [6.45, 7) is 6.74. The first-order valence-electron chi connectivity index (χ1n) is 9.94. The fourth-order valence-corrected chi connectivity index (χ4v) is 3.59. The number of phenolic OH excluding ortho intramolecular Hbond substituents is 1. The number of hydrogen-bond acceptors (Lipinski definition) is 6. The smallest absolute Gasteiger partial charge is 0.410 e. The fraction of sp³-hybridized carbons (Fsp3) is 0.429. The van der Waals surface area contributed by atoms with E-state index >= 15 is 0 Å². The lowest BCUT2D eigenvalue weighted by Gasteiger charge is -2.33. The monoisotopic (exact) mass is 411 g/mol. The predicted molar refractivity (Wildman–Crippen MR) is 111 cm³/mol. The second-order valence-corrected chi connectivity index (χ2v) is 8.50. The molecule has 9 heteroatoms. The second kappa shape index (κ2) is 7.47. The Hall–Kier alpha value is -3.36. The average molecular weight is 411 g/mol. The van der Waals surface area contributed by atoms with Gasteiger partial charge < -0.3 is 14.7 Å². The minimum absolute atomic E-state index is 0.0200. The van der Waals surface area contributed by atoms with Crippen molar-refractivity contribution in [3.05, 3.63) is 47.3 Å². The number of fused-ring (bicyclic) bond motifs is 1. The van der Waals surface area contributed by atoms with Gasteiger partial charge in [0, 0.05) is 19.3 Å². The van der Waals surface area contributed by atoms with Gasteiger partial charge in [-0.3, -0.25) is 14.0 Å². The highest BCUT2D eigenvalue weighted by Crippen LogP contribution is 2.24. The van der Waals surface area contributed by atoms with Crippen LogP contribution < -0.4 is 5.56 Å². The van der Waals surface area contributed by atoms with E-state index in [2.05, 4.69) is 10.1 Å². The molecule has 0 bridgehead atoms. The van der Waals surface area contributed by atoms with E-state index in [4.69, 9.17) is 4.74 Å². The maximum atomic E-state index is 12.8. The molecule has 1 amide bonds. The number of ether oxygens (including phenoxy) is 1. The highest BCUT2D eigenvalue weighted by atomic mass is 16.6. The molecule has 2 aromatic heterocycles. The summed E-state index contributed by atoms with van der Waals surface area (Å²) >= 11 is 0. The van der Waals surface area contributed by atoms with Crippen LogP contribution in [-0.2, 0) is 4.74 Å². The van der Waals surface area contributed by atoms with E-state index < -0.39 is 5.60 Å². The van der Waals surface area contributed by atoms with Crippen LogP contribution in [0.2, 0.25) is 0 Å². The van der Waals surface area contributed by atoms with Gasteiger partial charge in [0.15, 0.2) is 0 Å². The number of amides is 1. The van der Waals surface area contributed by atoms with Crippen LogP contribution in [0.5, 0.6) is 5.75 Å². The zero-order valence-electron chi connectivity index (χ0n) is 17.3. The molecule has 0 radical (unpaired) electrons. The lowest BCUT2D eigenvalue weighted by atomic mass is 10.1. The molecule has 1 aromatic carbocycles. The van der Waals surface area contributed by atoms with Gasteiger partial charge in [-0.1, -0.05) is 0 Å². The summed E-state index contributed by atoms with van der Waals surface area (Å²) in [7, 11) is 0. The first kappa shape index (κ1) is 19.9. The Kier molecular flexibility index (Phi) is 4.97. The number of rotatable bonds is 2. The third kappa shape index (κ3) is 4.00. The van der Waals surface area contributed by atoms with Gasteiger partial charge in [0.2, 0.25) is 0 Å². The van der Waals surface area contributed by atoms with Crippen LogP contribution in [0.4, 0.5) is 4.79 Å². The van der Waals surface area contributed by atoms with E-state index in [0.29, 0.717) is 29.7 Å². The number of piperidine rings is 1. The molecule has 30 heavy (non-hydrogen) atoms. The van der Waals surface area contributed by atoms with Gasteiger partial charge in [-0.05, 0) is 51.8 Å². The van der Waals surface area contributed by atoms with Gasteiger partial charge in [-0.2, -0.15) is 5.10 Å². The largest absolute Gasteiger partial charge is 0.508 e. The van der Waals surface area contributed by atoms with Gasteiger partial charge in [-0.25, -0.2) is 9.78 Å². The van der Waals surface area contributed by atoms with Crippen LogP contribution in [0.25, 0.3) is 16.6 Å². The van der Waals surface area contributed by atoms with Crippen molar-refractivity contribution in [1.29, 1.82) is 0 Å². The molecule has 1 saturated heterocycles. The van der Waals surface area contributed by atoms with Crippen molar-refractivity contribution in [3.8, 4) is 11.4 Å². The fourth-order valence-electron chi connectivity index (χ4n) is 3.59. The zero-order valence-corrected chi connectivity index (χ0v) is 17.3. The second-order valence-electron chi connectivity index (χ2n) is 8.50. The lowest BCUT2D eigenvalue weighted by Crippen LogP contribution is -2.42. The van der Waals surface area contributed by atoms with Crippen LogP contribution in [-0.4, -0.2) is 54.1 Å². The summed E-state index contributed by atoms with van der Waals surface area (Å²) in [5.74, 6) is 0.0200. The van der Waals surface area contributed by atoms with Crippen LogP contribution in [0.1, 0.15) is 39.7 Å². The molecule has 0 atom stereocenters. The van der Waals surface area contributed by atoms with Gasteiger partial charge in [0.1, 0.15) is 17.7 Å². The maximum absolute atomic E-state index is 12.8. The van der Waals surface area contributed by atoms with Crippen molar-refractivity contribution >= 4 is 17.0 Å². The lowest BCUT2D eigenvalue weighted by molar-refractivity contribution is 0.0185. The molecule has 3 heterocycles. The topological polar surface area (TPSA) is 102 Å². The number of carbonyl (C=O) groups is 1. The summed E-state index contributed by atoms with van der Waals surface area (Å²) in [4.78, 5) is 31.1. The Labute approximate surface area is 173 Å². The van der Waals surface area contributed by atoms with Crippen LogP contribution in [0.15, 0.2) is 41.7 Å². The molecule has 0 aliphatic carbocycles. The summed E-state index contributed by atoms with van der Waals surface area (Å²) < 4.78 is 8.69. The molecule has 0 unspecified atom stereocenters. The minimum Gasteiger partial charge on any atom is -0.508 e.